The Kier molecular flexibility index (Phi) is 9.04. The standard InChI is InChI=1S/C29H43N3O4/c1-3-16-31(17-8-5-11-23-12-13-24-25(20-23)36-22-27(34)30(24)2)18-9-10-19-32-26(33)21-29(28(32)35)14-6-4-7-15-29/h12-13,20H,3-11,14-19,21-22H2,1-2H3. The van der Waals surface area contributed by atoms with Gasteiger partial charge in [0.25, 0.3) is 5.91 Å². The van der Waals surface area contributed by atoms with Crippen molar-refractivity contribution in [2.45, 2.75) is 84.0 Å². The van der Waals surface area contributed by atoms with Crippen molar-refractivity contribution in [3.05, 3.63) is 23.8 Å². The van der Waals surface area contributed by atoms with Gasteiger partial charge in [0, 0.05) is 20.0 Å². The lowest BCUT2D eigenvalue weighted by Crippen LogP contribution is -2.37. The van der Waals surface area contributed by atoms with E-state index in [9.17, 15) is 14.4 Å². The number of aryl methyl sites for hydroxylation is 1. The van der Waals surface area contributed by atoms with E-state index in [1.807, 2.05) is 6.07 Å². The first kappa shape index (κ1) is 26.6. The minimum Gasteiger partial charge on any atom is -0.482 e. The molecule has 0 unspecified atom stereocenters. The quantitative estimate of drug-likeness (QED) is 0.313. The summed E-state index contributed by atoms with van der Waals surface area (Å²) in [5.41, 5.74) is 1.73. The first-order valence-electron chi connectivity index (χ1n) is 14.0. The first-order valence-corrected chi connectivity index (χ1v) is 14.0. The fourth-order valence-corrected chi connectivity index (χ4v) is 6.10. The largest absolute Gasteiger partial charge is 0.482 e. The maximum Gasteiger partial charge on any atom is 0.264 e. The van der Waals surface area contributed by atoms with Crippen LogP contribution in [0.3, 0.4) is 0 Å². The monoisotopic (exact) mass is 497 g/mol. The van der Waals surface area contributed by atoms with Gasteiger partial charge in [-0.2, -0.15) is 0 Å². The van der Waals surface area contributed by atoms with Crippen molar-refractivity contribution in [2.24, 2.45) is 5.41 Å². The minimum atomic E-state index is -0.360. The number of fused-ring (bicyclic) bond motifs is 1. The molecule has 198 valence electrons. The lowest BCUT2D eigenvalue weighted by Gasteiger charge is -2.30. The molecule has 2 fully saturated rings. The number of hydrogen-bond acceptors (Lipinski definition) is 5. The number of unbranched alkanes of at least 4 members (excludes halogenated alkanes) is 2. The van der Waals surface area contributed by atoms with Crippen LogP contribution >= 0.6 is 0 Å². The van der Waals surface area contributed by atoms with Crippen LogP contribution in [-0.4, -0.2) is 67.4 Å². The number of carbonyl (C=O) groups is 3. The molecule has 36 heavy (non-hydrogen) atoms. The maximum absolute atomic E-state index is 13.0. The zero-order valence-corrected chi connectivity index (χ0v) is 22.2. The van der Waals surface area contributed by atoms with E-state index in [1.165, 1.54) is 12.0 Å². The predicted molar refractivity (Wildman–Crippen MR) is 141 cm³/mol. The maximum atomic E-state index is 13.0. The fraction of sp³-hybridized carbons (Fsp3) is 0.690. The molecule has 4 rings (SSSR count). The molecule has 0 aromatic heterocycles. The molecule has 7 nitrogen and oxygen atoms in total. The molecule has 1 saturated heterocycles. The SMILES string of the molecule is CCCN(CCCCc1ccc2c(c1)OCC(=O)N2C)CCCCN1C(=O)CC2(CCCCC2)C1=O. The van der Waals surface area contributed by atoms with E-state index in [4.69, 9.17) is 4.74 Å². The van der Waals surface area contributed by atoms with Gasteiger partial charge in [-0.15, -0.1) is 0 Å². The third-order valence-electron chi connectivity index (χ3n) is 8.25. The first-order chi connectivity index (χ1) is 17.4. The van der Waals surface area contributed by atoms with E-state index in [0.717, 1.165) is 95.3 Å². The summed E-state index contributed by atoms with van der Waals surface area (Å²) in [7, 11) is 1.79. The molecule has 7 heteroatoms. The molecule has 1 spiro atoms. The molecule has 0 atom stereocenters. The molecule has 1 aromatic carbocycles. The van der Waals surface area contributed by atoms with Gasteiger partial charge in [0.15, 0.2) is 6.61 Å². The number of amides is 3. The molecule has 3 amide bonds. The average molecular weight is 498 g/mol. The summed E-state index contributed by atoms with van der Waals surface area (Å²) in [6.07, 6.45) is 11.8. The Labute approximate surface area is 216 Å². The van der Waals surface area contributed by atoms with Crippen molar-refractivity contribution in [3.63, 3.8) is 0 Å². The van der Waals surface area contributed by atoms with Gasteiger partial charge in [0.05, 0.1) is 11.1 Å². The summed E-state index contributed by atoms with van der Waals surface area (Å²) < 4.78 is 5.62. The van der Waals surface area contributed by atoms with Crippen molar-refractivity contribution in [2.75, 3.05) is 44.7 Å². The van der Waals surface area contributed by atoms with Crippen LogP contribution in [0.4, 0.5) is 5.69 Å². The van der Waals surface area contributed by atoms with E-state index in [1.54, 1.807) is 16.8 Å². The highest BCUT2D eigenvalue weighted by Crippen LogP contribution is 2.45. The van der Waals surface area contributed by atoms with E-state index in [-0.39, 0.29) is 29.7 Å². The highest BCUT2D eigenvalue weighted by atomic mass is 16.5. The van der Waals surface area contributed by atoms with Gasteiger partial charge in [-0.3, -0.25) is 19.3 Å². The second-order valence-electron chi connectivity index (χ2n) is 10.9. The number of rotatable bonds is 12. The van der Waals surface area contributed by atoms with Crippen LogP contribution in [0.25, 0.3) is 0 Å². The van der Waals surface area contributed by atoms with Gasteiger partial charge in [-0.25, -0.2) is 0 Å². The topological polar surface area (TPSA) is 70.2 Å². The van der Waals surface area contributed by atoms with Crippen LogP contribution < -0.4 is 9.64 Å². The van der Waals surface area contributed by atoms with Gasteiger partial charge < -0.3 is 14.5 Å². The third-order valence-corrected chi connectivity index (χ3v) is 8.25. The second kappa shape index (κ2) is 12.2. The van der Waals surface area contributed by atoms with Crippen LogP contribution in [0.5, 0.6) is 5.75 Å². The molecule has 1 aliphatic carbocycles. The predicted octanol–water partition coefficient (Wildman–Crippen LogP) is 4.57. The number of ether oxygens (including phenoxy) is 1. The molecule has 0 N–H and O–H groups in total. The Hall–Kier alpha value is -2.41. The van der Waals surface area contributed by atoms with Crippen molar-refractivity contribution in [1.82, 2.24) is 9.80 Å². The summed E-state index contributed by atoms with van der Waals surface area (Å²) in [5.74, 6) is 0.950. The Bertz CT molecular complexity index is 940. The molecule has 2 aliphatic heterocycles. The molecule has 0 bridgehead atoms. The molecule has 3 aliphatic rings. The van der Waals surface area contributed by atoms with Gasteiger partial charge in [0.2, 0.25) is 11.8 Å². The van der Waals surface area contributed by atoms with Crippen LogP contribution in [0.2, 0.25) is 0 Å². The highest BCUT2D eigenvalue weighted by molar-refractivity contribution is 6.05. The molecular formula is C29H43N3O4. The van der Waals surface area contributed by atoms with Crippen molar-refractivity contribution >= 4 is 23.4 Å². The summed E-state index contributed by atoms with van der Waals surface area (Å²) in [6.45, 7) is 6.07. The zero-order chi connectivity index (χ0) is 25.5. The summed E-state index contributed by atoms with van der Waals surface area (Å²) in [6, 6.07) is 6.15. The molecular weight excluding hydrogens is 454 g/mol. The Morgan fingerprint density at radius 2 is 1.69 bits per heavy atom. The Morgan fingerprint density at radius 3 is 2.44 bits per heavy atom. The summed E-state index contributed by atoms with van der Waals surface area (Å²) in [4.78, 5) is 43.1. The fourth-order valence-electron chi connectivity index (χ4n) is 6.10. The lowest BCUT2D eigenvalue weighted by atomic mass is 9.73. The Balaban J connectivity index is 1.16. The number of likely N-dealkylation sites (N-methyl/N-ethyl adjacent to an activating group) is 1. The smallest absolute Gasteiger partial charge is 0.264 e. The van der Waals surface area contributed by atoms with E-state index in [0.29, 0.717) is 13.0 Å². The molecule has 1 saturated carbocycles. The van der Waals surface area contributed by atoms with Gasteiger partial charge in [-0.05, 0) is 88.7 Å². The third kappa shape index (κ3) is 6.10. The number of carbonyl (C=O) groups excluding carboxylic acids is 3. The number of likely N-dealkylation sites (tertiary alicyclic amines) is 1. The number of imide groups is 1. The van der Waals surface area contributed by atoms with Crippen molar-refractivity contribution in [1.29, 1.82) is 0 Å². The van der Waals surface area contributed by atoms with Crippen LogP contribution in [-0.2, 0) is 20.8 Å². The van der Waals surface area contributed by atoms with Gasteiger partial charge >= 0.3 is 0 Å². The van der Waals surface area contributed by atoms with E-state index < -0.39 is 0 Å². The molecule has 2 heterocycles. The zero-order valence-electron chi connectivity index (χ0n) is 22.2. The molecule has 0 radical (unpaired) electrons. The van der Waals surface area contributed by atoms with Crippen LogP contribution in [0, 0.1) is 5.41 Å². The number of benzene rings is 1. The van der Waals surface area contributed by atoms with Crippen molar-refractivity contribution in [3.8, 4) is 5.75 Å². The Morgan fingerprint density at radius 1 is 0.944 bits per heavy atom. The van der Waals surface area contributed by atoms with Crippen LogP contribution in [0.1, 0.15) is 83.1 Å². The second-order valence-corrected chi connectivity index (χ2v) is 10.9. The number of hydrogen-bond donors (Lipinski definition) is 0. The lowest BCUT2D eigenvalue weighted by molar-refractivity contribution is -0.142. The highest BCUT2D eigenvalue weighted by Gasteiger charge is 2.51. The summed E-state index contributed by atoms with van der Waals surface area (Å²) in [5, 5.41) is 0. The minimum absolute atomic E-state index is 0.0157. The van der Waals surface area contributed by atoms with Crippen molar-refractivity contribution < 1.29 is 19.1 Å². The number of nitrogens with zero attached hydrogens (tertiary/aromatic N) is 3. The molecule has 1 aromatic rings. The van der Waals surface area contributed by atoms with E-state index in [2.05, 4.69) is 24.0 Å². The van der Waals surface area contributed by atoms with Crippen LogP contribution in [0.15, 0.2) is 18.2 Å². The average Bonchev–Trinajstić information content (AvgIpc) is 3.10. The summed E-state index contributed by atoms with van der Waals surface area (Å²) >= 11 is 0. The number of anilines is 1. The van der Waals surface area contributed by atoms with Gasteiger partial charge in [-0.1, -0.05) is 32.3 Å². The van der Waals surface area contributed by atoms with Gasteiger partial charge in [0.1, 0.15) is 5.75 Å². The normalized spacial score (nSPS) is 19.4. The van der Waals surface area contributed by atoms with E-state index >= 15 is 0 Å².